The summed E-state index contributed by atoms with van der Waals surface area (Å²) < 4.78 is 47.0. The molecule has 1 aromatic heterocycles. The van der Waals surface area contributed by atoms with Gasteiger partial charge in [0.05, 0.1) is 6.20 Å². The van der Waals surface area contributed by atoms with Gasteiger partial charge in [-0.25, -0.2) is 22.9 Å². The van der Waals surface area contributed by atoms with Crippen molar-refractivity contribution >= 4 is 10.0 Å². The Balaban J connectivity index is 2.15. The van der Waals surface area contributed by atoms with Crippen LogP contribution >= 0.6 is 0 Å². The van der Waals surface area contributed by atoms with E-state index in [0.717, 1.165) is 12.3 Å². The predicted molar refractivity (Wildman–Crippen MR) is 69.7 cm³/mol. The van der Waals surface area contributed by atoms with Crippen LogP contribution in [0.4, 0.5) is 4.39 Å². The molecule has 21 heavy (non-hydrogen) atoms. The second-order valence-electron chi connectivity index (χ2n) is 4.73. The summed E-state index contributed by atoms with van der Waals surface area (Å²) in [6, 6.07) is 2.80. The quantitative estimate of drug-likeness (QED) is 0.865. The third-order valence-electron chi connectivity index (χ3n) is 3.13. The van der Waals surface area contributed by atoms with Crippen LogP contribution in [0.5, 0.6) is 5.88 Å². The topological polar surface area (TPSA) is 115 Å². The van der Waals surface area contributed by atoms with Crippen molar-refractivity contribution in [1.82, 2.24) is 4.98 Å². The summed E-state index contributed by atoms with van der Waals surface area (Å²) in [6.07, 6.45) is 1.37. The van der Waals surface area contributed by atoms with Gasteiger partial charge in [-0.15, -0.1) is 0 Å². The van der Waals surface area contributed by atoms with Gasteiger partial charge in [-0.3, -0.25) is 0 Å². The molecule has 7 nitrogen and oxygen atoms in total. The SMILES string of the molecule is N#Cc1cc(S(N)(=O)=O)cnc1OCC1(F)CCOCC1. The lowest BCUT2D eigenvalue weighted by atomic mass is 9.98. The normalized spacial score (nSPS) is 18.0. The average Bonchev–Trinajstić information content (AvgIpc) is 2.45. The molecule has 1 aliphatic heterocycles. The van der Waals surface area contributed by atoms with Gasteiger partial charge >= 0.3 is 0 Å². The molecule has 2 rings (SSSR count). The first-order chi connectivity index (χ1) is 9.84. The summed E-state index contributed by atoms with van der Waals surface area (Å²) in [7, 11) is -3.96. The molecule has 1 saturated heterocycles. The van der Waals surface area contributed by atoms with Crippen molar-refractivity contribution in [1.29, 1.82) is 5.26 Å². The molecule has 0 spiro atoms. The van der Waals surface area contributed by atoms with Crippen molar-refractivity contribution < 1.29 is 22.3 Å². The Bertz CT molecular complexity index is 666. The molecule has 114 valence electrons. The average molecular weight is 315 g/mol. The van der Waals surface area contributed by atoms with Crippen molar-refractivity contribution in [2.75, 3.05) is 19.8 Å². The number of hydrogen-bond acceptors (Lipinski definition) is 6. The van der Waals surface area contributed by atoms with E-state index < -0.39 is 15.7 Å². The highest BCUT2D eigenvalue weighted by Gasteiger charge is 2.33. The molecule has 9 heteroatoms. The third-order valence-corrected chi connectivity index (χ3v) is 4.01. The van der Waals surface area contributed by atoms with Crippen LogP contribution in [0.25, 0.3) is 0 Å². The minimum atomic E-state index is -3.96. The molecular formula is C12H14FN3O4S. The number of halogens is 1. The maximum Gasteiger partial charge on any atom is 0.239 e. The number of rotatable bonds is 4. The number of alkyl halides is 1. The van der Waals surface area contributed by atoms with E-state index in [-0.39, 0.29) is 35.8 Å². The number of ether oxygens (including phenoxy) is 2. The standard InChI is InChI=1S/C12H14FN3O4S/c13-12(1-3-19-4-2-12)8-20-11-9(6-14)5-10(7-16-11)21(15,17)18/h5,7H,1-4,8H2,(H2,15,17,18). The first kappa shape index (κ1) is 15.6. The molecule has 2 heterocycles. The van der Waals surface area contributed by atoms with Crippen molar-refractivity contribution in [3.63, 3.8) is 0 Å². The fourth-order valence-corrected chi connectivity index (χ4v) is 2.34. The Morgan fingerprint density at radius 3 is 2.76 bits per heavy atom. The van der Waals surface area contributed by atoms with Crippen LogP contribution in [0.2, 0.25) is 0 Å². The van der Waals surface area contributed by atoms with Gasteiger partial charge in [0.25, 0.3) is 0 Å². The first-order valence-corrected chi connectivity index (χ1v) is 7.71. The lowest BCUT2D eigenvalue weighted by Gasteiger charge is -2.29. The zero-order chi connectivity index (χ0) is 15.5. The van der Waals surface area contributed by atoms with Gasteiger partial charge in [0, 0.05) is 26.1 Å². The maximum atomic E-state index is 14.3. The van der Waals surface area contributed by atoms with Gasteiger partial charge < -0.3 is 9.47 Å². The first-order valence-electron chi connectivity index (χ1n) is 6.16. The Labute approximate surface area is 121 Å². The minimum absolute atomic E-state index is 0.114. The summed E-state index contributed by atoms with van der Waals surface area (Å²) in [5.41, 5.74) is -1.65. The molecular weight excluding hydrogens is 301 g/mol. The number of hydrogen-bond donors (Lipinski definition) is 1. The molecule has 0 atom stereocenters. The predicted octanol–water partition coefficient (Wildman–Crippen LogP) is 0.498. The molecule has 0 unspecified atom stereocenters. The minimum Gasteiger partial charge on any atom is -0.473 e. The van der Waals surface area contributed by atoms with E-state index >= 15 is 0 Å². The molecule has 0 radical (unpaired) electrons. The molecule has 1 aromatic rings. The van der Waals surface area contributed by atoms with E-state index in [2.05, 4.69) is 4.98 Å². The van der Waals surface area contributed by atoms with Crippen molar-refractivity contribution in [3.05, 3.63) is 17.8 Å². The van der Waals surface area contributed by atoms with Gasteiger partial charge in [0.15, 0.2) is 0 Å². The summed E-state index contributed by atoms with van der Waals surface area (Å²) in [4.78, 5) is 3.43. The van der Waals surface area contributed by atoms with Crippen LogP contribution < -0.4 is 9.88 Å². The van der Waals surface area contributed by atoms with Crippen LogP contribution in [-0.4, -0.2) is 38.9 Å². The number of pyridine rings is 1. The van der Waals surface area contributed by atoms with Gasteiger partial charge in [-0.2, -0.15) is 5.26 Å². The summed E-state index contributed by atoms with van der Waals surface area (Å²) in [6.45, 7) is 0.345. The van der Waals surface area contributed by atoms with Gasteiger partial charge in [0.1, 0.15) is 28.8 Å². The summed E-state index contributed by atoms with van der Waals surface area (Å²) in [5.74, 6) is -0.117. The van der Waals surface area contributed by atoms with Crippen LogP contribution in [0, 0.1) is 11.3 Å². The van der Waals surface area contributed by atoms with E-state index in [1.807, 2.05) is 0 Å². The van der Waals surface area contributed by atoms with E-state index in [9.17, 15) is 12.8 Å². The summed E-state index contributed by atoms with van der Waals surface area (Å²) in [5, 5.41) is 13.9. The Morgan fingerprint density at radius 1 is 1.52 bits per heavy atom. The monoisotopic (exact) mass is 315 g/mol. The van der Waals surface area contributed by atoms with E-state index in [0.29, 0.717) is 13.2 Å². The Kier molecular flexibility index (Phi) is 4.41. The largest absolute Gasteiger partial charge is 0.473 e. The number of nitrogens with zero attached hydrogens (tertiary/aromatic N) is 2. The van der Waals surface area contributed by atoms with E-state index in [1.165, 1.54) is 0 Å². The number of sulfonamides is 1. The number of nitrogens with two attached hydrogens (primary N) is 1. The lowest BCUT2D eigenvalue weighted by Crippen LogP contribution is -2.37. The zero-order valence-corrected chi connectivity index (χ0v) is 11.9. The fraction of sp³-hybridized carbons (Fsp3) is 0.500. The van der Waals surface area contributed by atoms with Gasteiger partial charge in [-0.05, 0) is 6.07 Å². The van der Waals surface area contributed by atoms with Gasteiger partial charge in [-0.1, -0.05) is 0 Å². The second-order valence-corrected chi connectivity index (χ2v) is 6.29. The number of nitriles is 1. The Morgan fingerprint density at radius 2 is 2.19 bits per heavy atom. The molecule has 0 aliphatic carbocycles. The highest BCUT2D eigenvalue weighted by molar-refractivity contribution is 7.89. The molecule has 0 amide bonds. The molecule has 1 fully saturated rings. The lowest BCUT2D eigenvalue weighted by molar-refractivity contribution is -0.0331. The van der Waals surface area contributed by atoms with Crippen LogP contribution in [0.15, 0.2) is 17.2 Å². The van der Waals surface area contributed by atoms with Crippen molar-refractivity contribution in [2.24, 2.45) is 5.14 Å². The van der Waals surface area contributed by atoms with E-state index in [4.69, 9.17) is 19.9 Å². The number of aromatic nitrogens is 1. The second kappa shape index (κ2) is 5.93. The molecule has 1 aliphatic rings. The summed E-state index contributed by atoms with van der Waals surface area (Å²) >= 11 is 0. The molecule has 0 saturated carbocycles. The zero-order valence-electron chi connectivity index (χ0n) is 11.1. The smallest absolute Gasteiger partial charge is 0.239 e. The molecule has 2 N–H and O–H groups in total. The van der Waals surface area contributed by atoms with Crippen LogP contribution in [0.1, 0.15) is 18.4 Å². The fourth-order valence-electron chi connectivity index (χ4n) is 1.86. The maximum absolute atomic E-state index is 14.3. The molecule has 0 aromatic carbocycles. The molecule has 0 bridgehead atoms. The van der Waals surface area contributed by atoms with Crippen molar-refractivity contribution in [3.8, 4) is 11.9 Å². The Hall–Kier alpha value is -1.76. The van der Waals surface area contributed by atoms with Gasteiger partial charge in [0.2, 0.25) is 15.9 Å². The highest BCUT2D eigenvalue weighted by Crippen LogP contribution is 2.27. The number of primary sulfonamides is 1. The van der Waals surface area contributed by atoms with Crippen molar-refractivity contribution in [2.45, 2.75) is 23.4 Å². The highest BCUT2D eigenvalue weighted by atomic mass is 32.2. The van der Waals surface area contributed by atoms with Crippen LogP contribution in [-0.2, 0) is 14.8 Å². The van der Waals surface area contributed by atoms with E-state index in [1.54, 1.807) is 6.07 Å². The third kappa shape index (κ3) is 3.87. The van der Waals surface area contributed by atoms with Crippen LogP contribution in [0.3, 0.4) is 0 Å².